The van der Waals surface area contributed by atoms with Crippen molar-refractivity contribution in [1.29, 1.82) is 0 Å². The van der Waals surface area contributed by atoms with Gasteiger partial charge in [0.1, 0.15) is 24.2 Å². The lowest BCUT2D eigenvalue weighted by atomic mass is 9.78. The van der Waals surface area contributed by atoms with Crippen LogP contribution in [0, 0.1) is 0 Å². The van der Waals surface area contributed by atoms with Gasteiger partial charge >= 0.3 is 0 Å². The van der Waals surface area contributed by atoms with E-state index in [4.69, 9.17) is 9.47 Å². The molecule has 0 aliphatic heterocycles. The molecule has 0 aliphatic carbocycles. The first-order chi connectivity index (χ1) is 15.7. The van der Waals surface area contributed by atoms with Crippen LogP contribution in [0.15, 0.2) is 34.8 Å². The van der Waals surface area contributed by atoms with Crippen LogP contribution in [0.4, 0.5) is 0 Å². The van der Waals surface area contributed by atoms with Crippen LogP contribution in [0.2, 0.25) is 0 Å². The van der Waals surface area contributed by atoms with Crippen LogP contribution >= 0.6 is 15.9 Å². The zero-order valence-electron chi connectivity index (χ0n) is 22.3. The van der Waals surface area contributed by atoms with Crippen molar-refractivity contribution < 1.29 is 14.6 Å². The van der Waals surface area contributed by atoms with Crippen LogP contribution in [0.3, 0.4) is 0 Å². The van der Waals surface area contributed by atoms with Gasteiger partial charge in [0.2, 0.25) is 0 Å². The van der Waals surface area contributed by atoms with E-state index in [9.17, 15) is 5.11 Å². The minimum Gasteiger partial charge on any atom is -0.496 e. The zero-order valence-corrected chi connectivity index (χ0v) is 23.8. The van der Waals surface area contributed by atoms with Crippen LogP contribution in [-0.2, 0) is 10.8 Å². The van der Waals surface area contributed by atoms with E-state index in [0.717, 1.165) is 38.2 Å². The number of methoxy groups -OCH3 is 1. The van der Waals surface area contributed by atoms with E-state index in [1.54, 1.807) is 7.11 Å². The summed E-state index contributed by atoms with van der Waals surface area (Å²) in [5.41, 5.74) is 4.24. The molecule has 2 aromatic carbocycles. The third kappa shape index (κ3) is 8.14. The maximum atomic E-state index is 10.5. The lowest BCUT2D eigenvalue weighted by Crippen LogP contribution is -2.35. The van der Waals surface area contributed by atoms with E-state index in [1.165, 1.54) is 0 Å². The highest BCUT2D eigenvalue weighted by molar-refractivity contribution is 9.10. The Balaban J connectivity index is 2.46. The summed E-state index contributed by atoms with van der Waals surface area (Å²) in [6.07, 6.45) is 3.68. The van der Waals surface area contributed by atoms with Gasteiger partial charge in [-0.25, -0.2) is 0 Å². The topological polar surface area (TPSA) is 50.7 Å². The number of hydrogen-bond donors (Lipinski definition) is 2. The molecule has 0 fully saturated rings. The van der Waals surface area contributed by atoms with Gasteiger partial charge in [0.05, 0.1) is 11.6 Å². The van der Waals surface area contributed by atoms with Crippen LogP contribution in [0.5, 0.6) is 11.5 Å². The minimum atomic E-state index is -0.573. The normalized spacial score (nSPS) is 13.5. The monoisotopic (exact) mass is 531 g/mol. The number of benzene rings is 2. The number of hydrogen-bond acceptors (Lipinski definition) is 4. The Hall–Kier alpha value is -1.82. The Morgan fingerprint density at radius 1 is 0.941 bits per heavy atom. The molecule has 0 bridgehead atoms. The van der Waals surface area contributed by atoms with E-state index in [-0.39, 0.29) is 17.4 Å². The number of aliphatic hydroxyl groups excluding tert-OH is 1. The number of aliphatic hydroxyl groups is 1. The highest BCUT2D eigenvalue weighted by Gasteiger charge is 2.28. The van der Waals surface area contributed by atoms with Crippen molar-refractivity contribution in [1.82, 2.24) is 5.32 Å². The van der Waals surface area contributed by atoms with Gasteiger partial charge in [-0.1, -0.05) is 73.6 Å². The molecule has 2 N–H and O–H groups in total. The Bertz CT molecular complexity index is 949. The fourth-order valence-corrected chi connectivity index (χ4v) is 4.16. The first-order valence-electron chi connectivity index (χ1n) is 12.0. The molecule has 0 aliphatic rings. The van der Waals surface area contributed by atoms with E-state index in [2.05, 4.69) is 107 Å². The smallest absolute Gasteiger partial charge is 0.133 e. The van der Waals surface area contributed by atoms with E-state index in [1.807, 2.05) is 12.1 Å². The maximum absolute atomic E-state index is 10.5. The van der Waals surface area contributed by atoms with Gasteiger partial charge in [-0.15, -0.1) is 0 Å². The second-order valence-corrected chi connectivity index (χ2v) is 12.1. The van der Waals surface area contributed by atoms with Crippen LogP contribution < -0.4 is 14.8 Å². The average Bonchev–Trinajstić information content (AvgIpc) is 2.73. The molecule has 4 nitrogen and oxygen atoms in total. The van der Waals surface area contributed by atoms with Crippen molar-refractivity contribution in [3.8, 4) is 11.5 Å². The van der Waals surface area contributed by atoms with Crippen molar-refractivity contribution in [3.63, 3.8) is 0 Å². The number of ether oxygens (including phenoxy) is 2. The van der Waals surface area contributed by atoms with Gasteiger partial charge in [0.25, 0.3) is 0 Å². The second kappa shape index (κ2) is 11.7. The molecule has 34 heavy (non-hydrogen) atoms. The maximum Gasteiger partial charge on any atom is 0.133 e. The fraction of sp³-hybridized carbons (Fsp3) is 0.517. The average molecular weight is 533 g/mol. The molecule has 1 atom stereocenters. The molecule has 2 aromatic rings. The first kappa shape index (κ1) is 28.4. The summed E-state index contributed by atoms with van der Waals surface area (Å²) in [5, 5.41) is 13.7. The fourth-order valence-electron chi connectivity index (χ4n) is 3.61. The SMILES string of the molecule is COc1ccc(/C=C/c2cc(C(C)(C)C)c(OCC(O)CNC(C)C)c(C(C)(C)C)c2)cc1Br. The summed E-state index contributed by atoms with van der Waals surface area (Å²) >= 11 is 3.57. The molecule has 188 valence electrons. The third-order valence-corrected chi connectivity index (χ3v) is 6.17. The summed E-state index contributed by atoms with van der Waals surface area (Å²) in [7, 11) is 1.67. The molecule has 0 heterocycles. The van der Waals surface area contributed by atoms with Gasteiger partial charge in [-0.05, 0) is 62.2 Å². The predicted octanol–water partition coefficient (Wildman–Crippen LogP) is 6.96. The van der Waals surface area contributed by atoms with Crippen LogP contribution in [-0.4, -0.2) is 37.5 Å². The standard InChI is InChI=1S/C29H42BrNO3/c1-19(2)31-17-22(32)18-34-27-23(28(3,4)5)14-21(15-24(27)29(6,7)8)11-10-20-12-13-26(33-9)25(30)16-20/h10-16,19,22,31-32H,17-18H2,1-9H3/b11-10+. The van der Waals surface area contributed by atoms with Crippen molar-refractivity contribution in [2.24, 2.45) is 0 Å². The summed E-state index contributed by atoms with van der Waals surface area (Å²) in [4.78, 5) is 0. The molecule has 0 saturated heterocycles. The van der Waals surface area contributed by atoms with Crippen LogP contribution in [0.1, 0.15) is 77.6 Å². The number of nitrogens with one attached hydrogen (secondary N) is 1. The summed E-state index contributed by atoms with van der Waals surface area (Å²) < 4.78 is 12.6. The number of rotatable bonds is 9. The Kier molecular flexibility index (Phi) is 9.81. The largest absolute Gasteiger partial charge is 0.496 e. The molecule has 0 saturated carbocycles. The van der Waals surface area contributed by atoms with Crippen molar-refractivity contribution in [2.45, 2.75) is 78.4 Å². The molecule has 0 amide bonds. The molecule has 0 spiro atoms. The molecule has 2 rings (SSSR count). The van der Waals surface area contributed by atoms with Gasteiger partial charge in [-0.2, -0.15) is 0 Å². The quantitative estimate of drug-likeness (QED) is 0.343. The predicted molar refractivity (Wildman–Crippen MR) is 148 cm³/mol. The highest BCUT2D eigenvalue weighted by Crippen LogP contribution is 2.41. The lowest BCUT2D eigenvalue weighted by molar-refractivity contribution is 0.102. The molecule has 5 heteroatoms. The van der Waals surface area contributed by atoms with Crippen molar-refractivity contribution >= 4 is 28.1 Å². The van der Waals surface area contributed by atoms with Gasteiger partial charge < -0.3 is 19.9 Å². The molecule has 0 aromatic heterocycles. The number of halogens is 1. The summed E-state index contributed by atoms with van der Waals surface area (Å²) in [5.74, 6) is 1.70. The summed E-state index contributed by atoms with van der Waals surface area (Å²) in [6, 6.07) is 10.8. The molecular formula is C29H42BrNO3. The first-order valence-corrected chi connectivity index (χ1v) is 12.8. The molecular weight excluding hydrogens is 490 g/mol. The Morgan fingerprint density at radius 3 is 1.97 bits per heavy atom. The summed E-state index contributed by atoms with van der Waals surface area (Å²) in [6.45, 7) is 18.1. The second-order valence-electron chi connectivity index (χ2n) is 11.2. The molecule has 1 unspecified atom stereocenters. The van der Waals surface area contributed by atoms with Crippen molar-refractivity contribution in [3.05, 3.63) is 57.1 Å². The Labute approximate surface area is 214 Å². The third-order valence-electron chi connectivity index (χ3n) is 5.55. The minimum absolute atomic E-state index is 0.122. The van der Waals surface area contributed by atoms with Gasteiger partial charge in [0.15, 0.2) is 0 Å². The highest BCUT2D eigenvalue weighted by atomic mass is 79.9. The van der Waals surface area contributed by atoms with E-state index >= 15 is 0 Å². The Morgan fingerprint density at radius 2 is 1.50 bits per heavy atom. The van der Waals surface area contributed by atoms with E-state index in [0.29, 0.717) is 12.6 Å². The van der Waals surface area contributed by atoms with Crippen molar-refractivity contribution in [2.75, 3.05) is 20.3 Å². The van der Waals surface area contributed by atoms with E-state index < -0.39 is 6.10 Å². The lowest BCUT2D eigenvalue weighted by Gasteiger charge is -2.31. The van der Waals surface area contributed by atoms with Crippen LogP contribution in [0.25, 0.3) is 12.2 Å². The molecule has 0 radical (unpaired) electrons. The van der Waals surface area contributed by atoms with Gasteiger partial charge in [-0.3, -0.25) is 0 Å². The zero-order chi connectivity index (χ0) is 25.7. The van der Waals surface area contributed by atoms with Gasteiger partial charge in [0, 0.05) is 23.7 Å².